The quantitative estimate of drug-likeness (QED) is 0.761. The van der Waals surface area contributed by atoms with Gasteiger partial charge in [-0.1, -0.05) is 12.2 Å². The second-order valence-electron chi connectivity index (χ2n) is 4.50. The predicted octanol–water partition coefficient (Wildman–Crippen LogP) is 1.41. The SMILES string of the molecule is NC(=S)C1CCN(C(=O)C2CCCS2)CC1. The van der Waals surface area contributed by atoms with Crippen molar-refractivity contribution in [1.29, 1.82) is 0 Å². The van der Waals surface area contributed by atoms with Crippen molar-refractivity contribution in [2.24, 2.45) is 11.7 Å². The number of nitrogens with zero attached hydrogens (tertiary/aromatic N) is 1. The van der Waals surface area contributed by atoms with Crippen LogP contribution in [0.4, 0.5) is 0 Å². The molecule has 2 aliphatic heterocycles. The Kier molecular flexibility index (Phi) is 4.08. The molecular weight excluding hydrogens is 240 g/mol. The Hall–Kier alpha value is -0.290. The molecule has 0 bridgehead atoms. The average Bonchev–Trinajstić information content (AvgIpc) is 2.81. The molecule has 0 aromatic rings. The third-order valence-corrected chi connectivity index (χ3v) is 5.11. The molecule has 0 aromatic carbocycles. The van der Waals surface area contributed by atoms with Gasteiger partial charge in [0.1, 0.15) is 0 Å². The van der Waals surface area contributed by atoms with E-state index in [1.807, 2.05) is 16.7 Å². The normalized spacial score (nSPS) is 27.0. The van der Waals surface area contributed by atoms with E-state index in [2.05, 4.69) is 0 Å². The largest absolute Gasteiger partial charge is 0.393 e. The van der Waals surface area contributed by atoms with Crippen LogP contribution in [-0.2, 0) is 4.79 Å². The van der Waals surface area contributed by atoms with Gasteiger partial charge in [0.05, 0.1) is 10.2 Å². The van der Waals surface area contributed by atoms with Crippen molar-refractivity contribution in [3.63, 3.8) is 0 Å². The van der Waals surface area contributed by atoms with Gasteiger partial charge in [0.15, 0.2) is 0 Å². The Bertz CT molecular complexity index is 282. The van der Waals surface area contributed by atoms with Crippen LogP contribution in [0.15, 0.2) is 0 Å². The zero-order chi connectivity index (χ0) is 11.5. The van der Waals surface area contributed by atoms with Crippen molar-refractivity contribution >= 4 is 34.9 Å². The molecule has 0 aliphatic carbocycles. The third-order valence-electron chi connectivity index (χ3n) is 3.41. The molecule has 1 atom stereocenters. The van der Waals surface area contributed by atoms with Crippen molar-refractivity contribution < 1.29 is 4.79 Å². The molecule has 2 rings (SSSR count). The average molecular weight is 258 g/mol. The number of nitrogens with two attached hydrogens (primary N) is 1. The van der Waals surface area contributed by atoms with E-state index in [4.69, 9.17) is 18.0 Å². The summed E-state index contributed by atoms with van der Waals surface area (Å²) in [7, 11) is 0. The molecule has 3 nitrogen and oxygen atoms in total. The second kappa shape index (κ2) is 5.36. The molecule has 0 spiro atoms. The fourth-order valence-corrected chi connectivity index (χ4v) is 3.84. The summed E-state index contributed by atoms with van der Waals surface area (Å²) in [6.45, 7) is 1.66. The second-order valence-corrected chi connectivity index (χ2v) is 6.29. The van der Waals surface area contributed by atoms with Gasteiger partial charge in [-0.2, -0.15) is 0 Å². The minimum atomic E-state index is 0.223. The summed E-state index contributed by atoms with van der Waals surface area (Å²) in [4.78, 5) is 14.7. The first-order chi connectivity index (χ1) is 7.68. The van der Waals surface area contributed by atoms with Crippen LogP contribution in [0.2, 0.25) is 0 Å². The molecule has 1 unspecified atom stereocenters. The smallest absolute Gasteiger partial charge is 0.235 e. The lowest BCUT2D eigenvalue weighted by atomic mass is 9.96. The zero-order valence-corrected chi connectivity index (χ0v) is 11.0. The Labute approximate surface area is 106 Å². The number of carbonyl (C=O) groups excluding carboxylic acids is 1. The highest BCUT2D eigenvalue weighted by molar-refractivity contribution is 8.00. The van der Waals surface area contributed by atoms with Crippen LogP contribution in [0, 0.1) is 5.92 Å². The van der Waals surface area contributed by atoms with Crippen LogP contribution in [0.3, 0.4) is 0 Å². The summed E-state index contributed by atoms with van der Waals surface area (Å²) in [5, 5.41) is 0.223. The minimum absolute atomic E-state index is 0.223. The van der Waals surface area contributed by atoms with Crippen LogP contribution in [0.25, 0.3) is 0 Å². The van der Waals surface area contributed by atoms with Gasteiger partial charge in [-0.15, -0.1) is 11.8 Å². The van der Waals surface area contributed by atoms with E-state index < -0.39 is 0 Å². The summed E-state index contributed by atoms with van der Waals surface area (Å²) in [5.41, 5.74) is 5.63. The molecule has 1 amide bonds. The summed E-state index contributed by atoms with van der Waals surface area (Å²) in [5.74, 6) is 1.82. The van der Waals surface area contributed by atoms with Crippen LogP contribution in [0.1, 0.15) is 25.7 Å². The highest BCUT2D eigenvalue weighted by Crippen LogP contribution is 2.29. The Balaban J connectivity index is 1.84. The zero-order valence-electron chi connectivity index (χ0n) is 9.35. The maximum atomic E-state index is 12.1. The van der Waals surface area contributed by atoms with Gasteiger partial charge in [-0.05, 0) is 31.4 Å². The summed E-state index contributed by atoms with van der Waals surface area (Å²) < 4.78 is 0. The Morgan fingerprint density at radius 3 is 2.50 bits per heavy atom. The summed E-state index contributed by atoms with van der Waals surface area (Å²) in [6, 6.07) is 0. The van der Waals surface area contributed by atoms with E-state index in [-0.39, 0.29) is 5.25 Å². The van der Waals surface area contributed by atoms with E-state index >= 15 is 0 Å². The van der Waals surface area contributed by atoms with Crippen molar-refractivity contribution in [3.8, 4) is 0 Å². The van der Waals surface area contributed by atoms with Gasteiger partial charge in [-0.3, -0.25) is 4.79 Å². The number of likely N-dealkylation sites (tertiary alicyclic amines) is 1. The maximum Gasteiger partial charge on any atom is 0.235 e. The van der Waals surface area contributed by atoms with Crippen LogP contribution >= 0.6 is 24.0 Å². The number of hydrogen-bond acceptors (Lipinski definition) is 3. The van der Waals surface area contributed by atoms with Crippen molar-refractivity contribution in [1.82, 2.24) is 4.90 Å². The molecular formula is C11H18N2OS2. The van der Waals surface area contributed by atoms with Gasteiger partial charge in [0, 0.05) is 19.0 Å². The molecule has 2 heterocycles. The summed E-state index contributed by atoms with van der Waals surface area (Å²) >= 11 is 6.81. The summed E-state index contributed by atoms with van der Waals surface area (Å²) in [6.07, 6.45) is 4.13. The number of thiocarbonyl (C=S) groups is 1. The number of thioether (sulfide) groups is 1. The van der Waals surface area contributed by atoms with Crippen LogP contribution in [0.5, 0.6) is 0 Å². The third kappa shape index (κ3) is 2.69. The van der Waals surface area contributed by atoms with Crippen molar-refractivity contribution in [2.45, 2.75) is 30.9 Å². The highest BCUT2D eigenvalue weighted by Gasteiger charge is 2.30. The van der Waals surface area contributed by atoms with Crippen molar-refractivity contribution in [3.05, 3.63) is 0 Å². The molecule has 5 heteroatoms. The molecule has 0 aromatic heterocycles. The van der Waals surface area contributed by atoms with Gasteiger partial charge in [-0.25, -0.2) is 0 Å². The number of amides is 1. The molecule has 2 N–H and O–H groups in total. The standard InChI is InChI=1S/C11H18N2OS2/c12-10(15)8-3-5-13(6-4-8)11(14)9-2-1-7-16-9/h8-9H,1-7H2,(H2,12,15). The minimum Gasteiger partial charge on any atom is -0.393 e. The number of hydrogen-bond donors (Lipinski definition) is 1. The maximum absolute atomic E-state index is 12.1. The lowest BCUT2D eigenvalue weighted by molar-refractivity contribution is -0.131. The van der Waals surface area contributed by atoms with Gasteiger partial charge >= 0.3 is 0 Å². The fraction of sp³-hybridized carbons (Fsp3) is 0.818. The molecule has 2 aliphatic rings. The Morgan fingerprint density at radius 1 is 1.31 bits per heavy atom. The van der Waals surface area contributed by atoms with Crippen molar-refractivity contribution in [2.75, 3.05) is 18.8 Å². The topological polar surface area (TPSA) is 46.3 Å². The molecule has 0 radical (unpaired) electrons. The number of piperidine rings is 1. The predicted molar refractivity (Wildman–Crippen MR) is 71.6 cm³/mol. The first-order valence-corrected chi connectivity index (χ1v) is 7.34. The van der Waals surface area contributed by atoms with E-state index in [0.717, 1.165) is 38.1 Å². The number of carbonyl (C=O) groups is 1. The lowest BCUT2D eigenvalue weighted by Gasteiger charge is -2.32. The lowest BCUT2D eigenvalue weighted by Crippen LogP contribution is -2.44. The highest BCUT2D eigenvalue weighted by atomic mass is 32.2. The molecule has 16 heavy (non-hydrogen) atoms. The van der Waals surface area contributed by atoms with Gasteiger partial charge < -0.3 is 10.6 Å². The first kappa shape index (κ1) is 12.2. The van der Waals surface area contributed by atoms with Crippen LogP contribution < -0.4 is 5.73 Å². The van der Waals surface area contributed by atoms with Crippen LogP contribution in [-0.4, -0.2) is 39.9 Å². The monoisotopic (exact) mass is 258 g/mol. The fourth-order valence-electron chi connectivity index (χ4n) is 2.36. The van der Waals surface area contributed by atoms with Gasteiger partial charge in [0.2, 0.25) is 5.91 Å². The molecule has 0 saturated carbocycles. The van der Waals surface area contributed by atoms with E-state index in [1.54, 1.807) is 0 Å². The number of rotatable bonds is 2. The first-order valence-electron chi connectivity index (χ1n) is 5.88. The van der Waals surface area contributed by atoms with E-state index in [9.17, 15) is 4.79 Å². The Morgan fingerprint density at radius 2 is 2.00 bits per heavy atom. The molecule has 90 valence electrons. The van der Waals surface area contributed by atoms with Gasteiger partial charge in [0.25, 0.3) is 0 Å². The van der Waals surface area contributed by atoms with E-state index in [0.29, 0.717) is 16.8 Å². The molecule has 2 saturated heterocycles. The van der Waals surface area contributed by atoms with E-state index in [1.165, 1.54) is 6.42 Å². The molecule has 2 fully saturated rings.